The van der Waals surface area contributed by atoms with Crippen LogP contribution in [0, 0.1) is 11.3 Å². The van der Waals surface area contributed by atoms with Crippen LogP contribution in [-0.2, 0) is 11.2 Å². The van der Waals surface area contributed by atoms with Crippen molar-refractivity contribution in [3.05, 3.63) is 53.6 Å². The second-order valence-corrected chi connectivity index (χ2v) is 4.31. The van der Waals surface area contributed by atoms with Crippen LogP contribution in [-0.4, -0.2) is 11.0 Å². The number of phenolic OH excluding ortho intramolecular Hbond substituents is 1. The number of hydrogen-bond acceptors (Lipinski definition) is 4. The van der Waals surface area contributed by atoms with Crippen molar-refractivity contribution in [2.24, 2.45) is 0 Å². The van der Waals surface area contributed by atoms with Gasteiger partial charge in [0.15, 0.2) is 0 Å². The van der Waals surface area contributed by atoms with Crippen LogP contribution in [0.1, 0.15) is 11.1 Å². The largest absolute Gasteiger partial charge is 0.508 e. The Morgan fingerprint density at radius 1 is 1.30 bits per heavy atom. The van der Waals surface area contributed by atoms with E-state index in [0.29, 0.717) is 22.5 Å². The van der Waals surface area contributed by atoms with Crippen molar-refractivity contribution in [1.29, 1.82) is 5.26 Å². The van der Waals surface area contributed by atoms with Gasteiger partial charge in [0.25, 0.3) is 0 Å². The third-order valence-corrected chi connectivity index (χ3v) is 2.73. The van der Waals surface area contributed by atoms with Crippen LogP contribution in [0.15, 0.2) is 42.5 Å². The first-order chi connectivity index (χ1) is 9.58. The number of carbonyl (C=O) groups excluding carboxylic acids is 1. The topological polar surface area (TPSA) is 99.1 Å². The molecule has 0 aromatic heterocycles. The Morgan fingerprint density at radius 3 is 2.75 bits per heavy atom. The molecule has 0 radical (unpaired) electrons. The molecule has 0 unspecified atom stereocenters. The molecule has 0 heterocycles. The van der Waals surface area contributed by atoms with Gasteiger partial charge in [-0.25, -0.2) is 0 Å². The van der Waals surface area contributed by atoms with E-state index in [0.717, 1.165) is 0 Å². The molecule has 100 valence electrons. The minimum atomic E-state index is -0.244. The highest BCUT2D eigenvalue weighted by molar-refractivity contribution is 5.95. The van der Waals surface area contributed by atoms with Crippen molar-refractivity contribution in [3.63, 3.8) is 0 Å². The van der Waals surface area contributed by atoms with E-state index < -0.39 is 0 Å². The Balaban J connectivity index is 2.07. The van der Waals surface area contributed by atoms with Gasteiger partial charge in [0.2, 0.25) is 5.91 Å². The van der Waals surface area contributed by atoms with Crippen LogP contribution < -0.4 is 11.1 Å². The highest BCUT2D eigenvalue weighted by atomic mass is 16.3. The smallest absolute Gasteiger partial charge is 0.228 e. The van der Waals surface area contributed by atoms with Gasteiger partial charge >= 0.3 is 0 Å². The van der Waals surface area contributed by atoms with E-state index in [1.54, 1.807) is 30.3 Å². The van der Waals surface area contributed by atoms with Gasteiger partial charge in [-0.05, 0) is 35.9 Å². The van der Waals surface area contributed by atoms with Gasteiger partial charge in [0, 0.05) is 0 Å². The molecule has 4 N–H and O–H groups in total. The summed E-state index contributed by atoms with van der Waals surface area (Å²) < 4.78 is 0. The lowest BCUT2D eigenvalue weighted by Crippen LogP contribution is -2.15. The van der Waals surface area contributed by atoms with Gasteiger partial charge in [-0.15, -0.1) is 0 Å². The maximum Gasteiger partial charge on any atom is 0.228 e. The summed E-state index contributed by atoms with van der Waals surface area (Å²) in [5, 5.41) is 20.7. The third-order valence-electron chi connectivity index (χ3n) is 2.73. The number of amides is 1. The molecule has 2 rings (SSSR count). The molecule has 0 bridgehead atoms. The first-order valence-corrected chi connectivity index (χ1v) is 5.96. The number of nitrogens with two attached hydrogens (primary N) is 1. The first-order valence-electron chi connectivity index (χ1n) is 5.96. The van der Waals surface area contributed by atoms with Crippen LogP contribution in [0.2, 0.25) is 0 Å². The van der Waals surface area contributed by atoms with E-state index in [1.807, 2.05) is 6.07 Å². The number of nitrogens with zero attached hydrogens (tertiary/aromatic N) is 1. The Labute approximate surface area is 116 Å². The molecule has 5 nitrogen and oxygen atoms in total. The standard InChI is InChI=1S/C15H13N3O2/c16-9-11-4-5-14(13(17)7-11)18-15(20)8-10-2-1-3-12(19)6-10/h1-7,19H,8,17H2,(H,18,20). The average Bonchev–Trinajstić information content (AvgIpc) is 2.41. The summed E-state index contributed by atoms with van der Waals surface area (Å²) in [4.78, 5) is 11.9. The number of aromatic hydroxyl groups is 1. The van der Waals surface area contributed by atoms with Crippen LogP contribution in [0.4, 0.5) is 11.4 Å². The number of phenols is 1. The summed E-state index contributed by atoms with van der Waals surface area (Å²) in [5.41, 5.74) is 7.71. The van der Waals surface area contributed by atoms with E-state index in [2.05, 4.69) is 5.32 Å². The maximum atomic E-state index is 11.9. The number of nitrogen functional groups attached to an aromatic ring is 1. The molecule has 0 saturated heterocycles. The molecule has 1 amide bonds. The molecule has 2 aromatic rings. The molecular formula is C15H13N3O2. The Kier molecular flexibility index (Phi) is 3.87. The molecule has 20 heavy (non-hydrogen) atoms. The Morgan fingerprint density at radius 2 is 2.10 bits per heavy atom. The molecule has 0 aliphatic heterocycles. The molecule has 0 spiro atoms. The fraction of sp³-hybridized carbons (Fsp3) is 0.0667. The summed E-state index contributed by atoms with van der Waals surface area (Å²) in [7, 11) is 0. The quantitative estimate of drug-likeness (QED) is 0.741. The molecule has 0 aliphatic rings. The van der Waals surface area contributed by atoms with Crippen molar-refractivity contribution in [2.45, 2.75) is 6.42 Å². The van der Waals surface area contributed by atoms with E-state index in [1.165, 1.54) is 12.1 Å². The number of rotatable bonds is 3. The number of benzene rings is 2. The summed E-state index contributed by atoms with van der Waals surface area (Å²) >= 11 is 0. The minimum absolute atomic E-state index is 0.119. The van der Waals surface area contributed by atoms with Gasteiger partial charge in [0.1, 0.15) is 5.75 Å². The SMILES string of the molecule is N#Cc1ccc(NC(=O)Cc2cccc(O)c2)c(N)c1. The zero-order chi connectivity index (χ0) is 14.5. The van der Waals surface area contributed by atoms with E-state index >= 15 is 0 Å². The normalized spacial score (nSPS) is 9.75. The number of carbonyl (C=O) groups is 1. The van der Waals surface area contributed by atoms with Crippen molar-refractivity contribution in [2.75, 3.05) is 11.1 Å². The molecule has 0 fully saturated rings. The third kappa shape index (κ3) is 3.27. The molecule has 0 aliphatic carbocycles. The van der Waals surface area contributed by atoms with Crippen LogP contribution in [0.3, 0.4) is 0 Å². The molecule has 5 heteroatoms. The number of anilines is 2. The zero-order valence-corrected chi connectivity index (χ0v) is 10.6. The summed E-state index contributed by atoms with van der Waals surface area (Å²) in [6, 6.07) is 13.2. The Bertz CT molecular complexity index is 690. The van der Waals surface area contributed by atoms with Crippen molar-refractivity contribution < 1.29 is 9.90 Å². The molecule has 0 atom stereocenters. The van der Waals surface area contributed by atoms with Gasteiger partial charge in [-0.1, -0.05) is 12.1 Å². The number of hydrogen-bond donors (Lipinski definition) is 3. The summed E-state index contributed by atoms with van der Waals surface area (Å²) in [6.07, 6.45) is 0.133. The second kappa shape index (κ2) is 5.76. The van der Waals surface area contributed by atoms with Crippen molar-refractivity contribution in [1.82, 2.24) is 0 Å². The lowest BCUT2D eigenvalue weighted by molar-refractivity contribution is -0.115. The summed E-state index contributed by atoms with van der Waals surface area (Å²) in [5.74, 6) is -0.125. The zero-order valence-electron chi connectivity index (χ0n) is 10.6. The van der Waals surface area contributed by atoms with Crippen molar-refractivity contribution in [3.8, 4) is 11.8 Å². The fourth-order valence-electron chi connectivity index (χ4n) is 1.79. The predicted octanol–water partition coefficient (Wildman–Crippen LogP) is 2.03. The van der Waals surface area contributed by atoms with E-state index in [4.69, 9.17) is 11.0 Å². The van der Waals surface area contributed by atoms with Crippen LogP contribution in [0.5, 0.6) is 5.75 Å². The number of nitrogens with one attached hydrogen (secondary N) is 1. The fourth-order valence-corrected chi connectivity index (χ4v) is 1.79. The van der Waals surface area contributed by atoms with Gasteiger partial charge in [-0.3, -0.25) is 4.79 Å². The number of nitriles is 1. The highest BCUT2D eigenvalue weighted by Gasteiger charge is 2.07. The summed E-state index contributed by atoms with van der Waals surface area (Å²) in [6.45, 7) is 0. The average molecular weight is 267 g/mol. The van der Waals surface area contributed by atoms with Crippen molar-refractivity contribution >= 4 is 17.3 Å². The maximum absolute atomic E-state index is 11.9. The second-order valence-electron chi connectivity index (χ2n) is 4.31. The van der Waals surface area contributed by atoms with E-state index in [-0.39, 0.29) is 18.1 Å². The van der Waals surface area contributed by atoms with Crippen LogP contribution in [0.25, 0.3) is 0 Å². The lowest BCUT2D eigenvalue weighted by atomic mass is 10.1. The van der Waals surface area contributed by atoms with E-state index in [9.17, 15) is 9.90 Å². The predicted molar refractivity (Wildman–Crippen MR) is 76.0 cm³/mol. The molecular weight excluding hydrogens is 254 g/mol. The van der Waals surface area contributed by atoms with Gasteiger partial charge in [-0.2, -0.15) is 5.26 Å². The Hall–Kier alpha value is -3.00. The first kappa shape index (κ1) is 13.4. The lowest BCUT2D eigenvalue weighted by Gasteiger charge is -2.08. The molecule has 0 saturated carbocycles. The molecule has 2 aromatic carbocycles. The van der Waals surface area contributed by atoms with Gasteiger partial charge in [0.05, 0.1) is 29.4 Å². The highest BCUT2D eigenvalue weighted by Crippen LogP contribution is 2.20. The minimum Gasteiger partial charge on any atom is -0.508 e. The monoisotopic (exact) mass is 267 g/mol. The van der Waals surface area contributed by atoms with Crippen LogP contribution >= 0.6 is 0 Å². The van der Waals surface area contributed by atoms with Gasteiger partial charge < -0.3 is 16.2 Å².